The Balaban J connectivity index is 2.54. The highest BCUT2D eigenvalue weighted by Crippen LogP contribution is 2.29. The number of rotatable bonds is 3. The minimum atomic E-state index is -0.477. The summed E-state index contributed by atoms with van der Waals surface area (Å²) in [6.07, 6.45) is 1.50. The molecule has 0 saturated heterocycles. The smallest absolute Gasteiger partial charge is 0.295 e. The van der Waals surface area contributed by atoms with Crippen LogP contribution in [0.15, 0.2) is 47.6 Å². The number of pyridine rings is 1. The number of nitrogens with zero attached hydrogens (tertiary/aromatic N) is 3. The van der Waals surface area contributed by atoms with Gasteiger partial charge in [0, 0.05) is 17.8 Å². The summed E-state index contributed by atoms with van der Waals surface area (Å²) in [5, 5.41) is 11.0. The van der Waals surface area contributed by atoms with Crippen LogP contribution in [0.4, 0.5) is 11.4 Å². The normalized spacial score (nSPS) is 9.89. The minimum absolute atomic E-state index is 0.0654. The van der Waals surface area contributed by atoms with E-state index in [0.29, 0.717) is 11.3 Å². The fourth-order valence-corrected chi connectivity index (χ4v) is 1.64. The van der Waals surface area contributed by atoms with E-state index in [9.17, 15) is 10.1 Å². The first-order valence-corrected chi connectivity index (χ1v) is 5.37. The number of aromatic nitrogens is 1. The van der Waals surface area contributed by atoms with Crippen LogP contribution in [0.25, 0.3) is 11.3 Å². The van der Waals surface area contributed by atoms with Crippen LogP contribution in [-0.4, -0.2) is 15.9 Å². The summed E-state index contributed by atoms with van der Waals surface area (Å²) < 4.78 is 0. The first-order chi connectivity index (χ1) is 9.08. The van der Waals surface area contributed by atoms with Gasteiger partial charge in [-0.25, -0.2) is 9.98 Å². The highest BCUT2D eigenvalue weighted by molar-refractivity contribution is 5.80. The summed E-state index contributed by atoms with van der Waals surface area (Å²) in [5.74, 6) is -0.0762. The largest absolute Gasteiger partial charge is 0.370 e. The average molecular weight is 257 g/mol. The molecule has 0 spiro atoms. The number of hydrogen-bond acceptors (Lipinski definition) is 4. The fourth-order valence-electron chi connectivity index (χ4n) is 1.64. The molecule has 0 aliphatic rings. The molecule has 0 aliphatic heterocycles. The number of guanidine groups is 1. The Morgan fingerprint density at radius 3 is 2.74 bits per heavy atom. The molecular weight excluding hydrogens is 246 g/mol. The molecule has 4 N–H and O–H groups in total. The maximum atomic E-state index is 11.0. The van der Waals surface area contributed by atoms with Gasteiger partial charge < -0.3 is 11.5 Å². The molecule has 1 aromatic heterocycles. The van der Waals surface area contributed by atoms with E-state index in [4.69, 9.17) is 11.5 Å². The summed E-state index contributed by atoms with van der Waals surface area (Å²) in [7, 11) is 0. The lowest BCUT2D eigenvalue weighted by Crippen LogP contribution is -2.21. The molecule has 7 heteroatoms. The molecule has 2 aromatic rings. The van der Waals surface area contributed by atoms with E-state index < -0.39 is 4.92 Å². The van der Waals surface area contributed by atoms with Gasteiger partial charge in [0.2, 0.25) is 0 Å². The van der Waals surface area contributed by atoms with E-state index >= 15 is 0 Å². The van der Waals surface area contributed by atoms with Crippen molar-refractivity contribution in [2.24, 2.45) is 16.5 Å². The minimum Gasteiger partial charge on any atom is -0.370 e. The molecular formula is C12H11N5O2. The number of hydrogen-bond donors (Lipinski definition) is 2. The summed E-state index contributed by atoms with van der Waals surface area (Å²) >= 11 is 0. The first-order valence-electron chi connectivity index (χ1n) is 5.37. The van der Waals surface area contributed by atoms with Crippen molar-refractivity contribution in [1.82, 2.24) is 4.98 Å². The van der Waals surface area contributed by atoms with E-state index in [1.807, 2.05) is 0 Å². The van der Waals surface area contributed by atoms with Crippen molar-refractivity contribution in [3.63, 3.8) is 0 Å². The number of nitro groups is 1. The molecule has 0 bridgehead atoms. The predicted molar refractivity (Wildman–Crippen MR) is 71.8 cm³/mol. The third kappa shape index (κ3) is 2.83. The zero-order chi connectivity index (χ0) is 13.8. The Morgan fingerprint density at radius 1 is 1.26 bits per heavy atom. The van der Waals surface area contributed by atoms with Crippen molar-refractivity contribution in [1.29, 1.82) is 0 Å². The van der Waals surface area contributed by atoms with Gasteiger partial charge in [-0.15, -0.1) is 0 Å². The van der Waals surface area contributed by atoms with E-state index in [1.165, 1.54) is 18.3 Å². The van der Waals surface area contributed by atoms with E-state index in [1.54, 1.807) is 24.3 Å². The standard InChI is InChI=1S/C12H11N5O2/c13-12(14)16-9-4-1-3-8(7-9)11-10(17(18)19)5-2-6-15-11/h1-7H,(H4,13,14,16). The molecule has 1 heterocycles. The SMILES string of the molecule is NC(N)=Nc1cccc(-c2ncccc2[N+](=O)[O-])c1. The molecule has 1 aromatic carbocycles. The Bertz CT molecular complexity index is 650. The van der Waals surface area contributed by atoms with Crippen LogP contribution in [0, 0.1) is 10.1 Å². The molecule has 0 saturated carbocycles. The predicted octanol–water partition coefficient (Wildman–Crippen LogP) is 1.56. The van der Waals surface area contributed by atoms with Crippen molar-refractivity contribution >= 4 is 17.3 Å². The number of benzene rings is 1. The molecule has 0 aliphatic carbocycles. The molecule has 0 fully saturated rings. The quantitative estimate of drug-likeness (QED) is 0.374. The lowest BCUT2D eigenvalue weighted by Gasteiger charge is -2.03. The average Bonchev–Trinajstić information content (AvgIpc) is 2.38. The van der Waals surface area contributed by atoms with Gasteiger partial charge in [0.05, 0.1) is 10.6 Å². The summed E-state index contributed by atoms with van der Waals surface area (Å²) in [4.78, 5) is 18.4. The fraction of sp³-hybridized carbons (Fsp3) is 0. The molecule has 0 atom stereocenters. The second kappa shape index (κ2) is 5.13. The zero-order valence-corrected chi connectivity index (χ0v) is 9.85. The van der Waals surface area contributed by atoms with Gasteiger partial charge in [-0.2, -0.15) is 0 Å². The van der Waals surface area contributed by atoms with Gasteiger partial charge in [-0.05, 0) is 18.2 Å². The van der Waals surface area contributed by atoms with Crippen molar-refractivity contribution in [2.75, 3.05) is 0 Å². The lowest BCUT2D eigenvalue weighted by atomic mass is 10.1. The van der Waals surface area contributed by atoms with Crippen LogP contribution in [0.2, 0.25) is 0 Å². The van der Waals surface area contributed by atoms with Crippen molar-refractivity contribution in [2.45, 2.75) is 0 Å². The number of nitrogens with two attached hydrogens (primary N) is 2. The van der Waals surface area contributed by atoms with E-state index in [-0.39, 0.29) is 17.3 Å². The van der Waals surface area contributed by atoms with Crippen molar-refractivity contribution < 1.29 is 4.92 Å². The maximum absolute atomic E-state index is 11.0. The van der Waals surface area contributed by atoms with Crippen LogP contribution in [0.1, 0.15) is 0 Å². The topological polar surface area (TPSA) is 120 Å². The number of aliphatic imine (C=N–C) groups is 1. The van der Waals surface area contributed by atoms with Gasteiger partial charge in [0.15, 0.2) is 5.96 Å². The second-order valence-electron chi connectivity index (χ2n) is 3.72. The maximum Gasteiger partial charge on any atom is 0.295 e. The molecule has 96 valence electrons. The summed E-state index contributed by atoms with van der Waals surface area (Å²) in [6.45, 7) is 0. The van der Waals surface area contributed by atoms with Gasteiger partial charge >= 0.3 is 0 Å². The Hall–Kier alpha value is -2.96. The van der Waals surface area contributed by atoms with Gasteiger partial charge in [-0.3, -0.25) is 10.1 Å². The van der Waals surface area contributed by atoms with Crippen LogP contribution >= 0.6 is 0 Å². The van der Waals surface area contributed by atoms with Crippen LogP contribution in [-0.2, 0) is 0 Å². The zero-order valence-electron chi connectivity index (χ0n) is 9.85. The molecule has 19 heavy (non-hydrogen) atoms. The van der Waals surface area contributed by atoms with Gasteiger partial charge in [-0.1, -0.05) is 12.1 Å². The summed E-state index contributed by atoms with van der Waals surface area (Å²) in [6, 6.07) is 9.65. The first kappa shape index (κ1) is 12.5. The highest BCUT2D eigenvalue weighted by Gasteiger charge is 2.15. The molecule has 7 nitrogen and oxygen atoms in total. The van der Waals surface area contributed by atoms with Gasteiger partial charge in [0.1, 0.15) is 5.69 Å². The second-order valence-corrected chi connectivity index (χ2v) is 3.72. The third-order valence-electron chi connectivity index (χ3n) is 2.36. The highest BCUT2D eigenvalue weighted by atomic mass is 16.6. The third-order valence-corrected chi connectivity index (χ3v) is 2.36. The summed E-state index contributed by atoms with van der Waals surface area (Å²) in [5.41, 5.74) is 11.9. The van der Waals surface area contributed by atoms with Crippen molar-refractivity contribution in [3.8, 4) is 11.3 Å². The van der Waals surface area contributed by atoms with Crippen LogP contribution < -0.4 is 11.5 Å². The molecule has 0 unspecified atom stereocenters. The van der Waals surface area contributed by atoms with E-state index in [0.717, 1.165) is 0 Å². The van der Waals surface area contributed by atoms with Crippen LogP contribution in [0.5, 0.6) is 0 Å². The molecule has 2 rings (SSSR count). The molecule has 0 amide bonds. The van der Waals surface area contributed by atoms with E-state index in [2.05, 4.69) is 9.98 Å². The van der Waals surface area contributed by atoms with Crippen molar-refractivity contribution in [3.05, 3.63) is 52.7 Å². The van der Waals surface area contributed by atoms with Crippen LogP contribution in [0.3, 0.4) is 0 Å². The Labute approximate surface area is 108 Å². The Morgan fingerprint density at radius 2 is 2.05 bits per heavy atom. The monoisotopic (exact) mass is 257 g/mol. The molecule has 0 radical (unpaired) electrons. The van der Waals surface area contributed by atoms with Gasteiger partial charge in [0.25, 0.3) is 5.69 Å². The Kier molecular flexibility index (Phi) is 3.37. The lowest BCUT2D eigenvalue weighted by molar-refractivity contribution is -0.384.